The molecule has 0 rings (SSSR count). The number of esters is 3. The van der Waals surface area contributed by atoms with E-state index in [1.165, 1.54) is 57.8 Å². The molecule has 0 amide bonds. The lowest BCUT2D eigenvalue weighted by atomic mass is 10.1. The molecule has 1 unspecified atom stereocenters. The van der Waals surface area contributed by atoms with Crippen LogP contribution in [0.15, 0.2) is 146 Å². The second-order valence-electron chi connectivity index (χ2n) is 19.1. The largest absolute Gasteiger partial charge is 0.462 e. The lowest BCUT2D eigenvalue weighted by molar-refractivity contribution is -0.167. The van der Waals surface area contributed by atoms with Gasteiger partial charge in [-0.2, -0.15) is 0 Å². The van der Waals surface area contributed by atoms with Gasteiger partial charge in [0.1, 0.15) is 13.2 Å². The standard InChI is InChI=1S/C68H108O6/c1-4-7-10-13-16-19-21-23-24-25-26-27-28-29-30-31-32-33-34-35-36-37-38-39-40-41-42-43-44-46-47-49-52-55-58-61-67(70)73-64-65(63-72-66(69)60-57-54-51-18-15-12-9-6-3)74-68(71)62-59-56-53-50-48-45-22-20-17-14-11-8-5-2/h7-8,10-11,16-17,19-20,23-24,26-27,29-30,32-33,35-36,38-39,41-42,45,48,65H,4-6,9,12-15,18,21-22,25,28,31,34,37,40,43-44,46-47,49-64H2,1-3H3/b10-7-,11-8-,19-16-,20-17-,24-23-,27-26-,30-29-,33-32-,36-35-,39-38-,42-41-,48-45-. The molecule has 0 aliphatic carbocycles. The normalized spacial score (nSPS) is 13.2. The van der Waals surface area contributed by atoms with Crippen LogP contribution < -0.4 is 0 Å². The lowest BCUT2D eigenvalue weighted by Gasteiger charge is -2.18. The molecular formula is C68H108O6. The Labute approximate surface area is 455 Å². The summed E-state index contributed by atoms with van der Waals surface area (Å²) in [6.07, 6.45) is 87.3. The van der Waals surface area contributed by atoms with Gasteiger partial charge in [-0.1, -0.05) is 250 Å². The van der Waals surface area contributed by atoms with E-state index in [0.29, 0.717) is 12.8 Å². The molecule has 0 aliphatic rings. The van der Waals surface area contributed by atoms with E-state index >= 15 is 0 Å². The summed E-state index contributed by atoms with van der Waals surface area (Å²) >= 11 is 0. The van der Waals surface area contributed by atoms with Crippen molar-refractivity contribution in [3.63, 3.8) is 0 Å². The van der Waals surface area contributed by atoms with Gasteiger partial charge in [-0.3, -0.25) is 14.4 Å². The molecule has 0 heterocycles. The van der Waals surface area contributed by atoms with Crippen LogP contribution in [0.4, 0.5) is 0 Å². The van der Waals surface area contributed by atoms with Crippen LogP contribution in [0.25, 0.3) is 0 Å². The molecule has 0 aromatic carbocycles. The van der Waals surface area contributed by atoms with Gasteiger partial charge in [0, 0.05) is 19.3 Å². The van der Waals surface area contributed by atoms with Crippen LogP contribution in [0.1, 0.15) is 245 Å². The Morgan fingerprint density at radius 1 is 0.284 bits per heavy atom. The minimum atomic E-state index is -0.799. The second-order valence-corrected chi connectivity index (χ2v) is 19.1. The smallest absolute Gasteiger partial charge is 0.306 e. The number of rotatable bonds is 52. The third kappa shape index (κ3) is 58.2. The number of hydrogen-bond donors (Lipinski definition) is 0. The van der Waals surface area contributed by atoms with Crippen LogP contribution >= 0.6 is 0 Å². The maximum atomic E-state index is 12.8. The minimum absolute atomic E-state index is 0.0963. The van der Waals surface area contributed by atoms with Crippen LogP contribution in [0.2, 0.25) is 0 Å². The molecule has 0 aliphatic heterocycles. The van der Waals surface area contributed by atoms with Crippen LogP contribution in [-0.4, -0.2) is 37.2 Å². The number of allylic oxidation sites excluding steroid dienone is 24. The number of carbonyl (C=O) groups is 3. The molecule has 0 spiro atoms. The molecule has 1 atom stereocenters. The summed E-state index contributed by atoms with van der Waals surface area (Å²) in [5, 5.41) is 0. The molecule has 0 radical (unpaired) electrons. The third-order valence-electron chi connectivity index (χ3n) is 12.1. The molecule has 0 saturated heterocycles. The fourth-order valence-electron chi connectivity index (χ4n) is 7.68. The molecule has 0 fully saturated rings. The second kappa shape index (κ2) is 60.8. The van der Waals surface area contributed by atoms with Crippen molar-refractivity contribution in [1.82, 2.24) is 0 Å². The van der Waals surface area contributed by atoms with Crippen LogP contribution in [-0.2, 0) is 28.6 Å². The summed E-state index contributed by atoms with van der Waals surface area (Å²) in [4.78, 5) is 37.9. The van der Waals surface area contributed by atoms with E-state index in [1.54, 1.807) is 0 Å². The van der Waals surface area contributed by atoms with E-state index in [1.807, 2.05) is 0 Å². The molecule has 6 heteroatoms. The Balaban J connectivity index is 4.18. The summed E-state index contributed by atoms with van der Waals surface area (Å²) in [6.45, 7) is 6.33. The predicted molar refractivity (Wildman–Crippen MR) is 320 cm³/mol. The Bertz CT molecular complexity index is 1640. The molecule has 74 heavy (non-hydrogen) atoms. The molecule has 0 bridgehead atoms. The molecule has 0 aromatic rings. The molecule has 0 N–H and O–H groups in total. The topological polar surface area (TPSA) is 78.9 Å². The van der Waals surface area contributed by atoms with Gasteiger partial charge >= 0.3 is 17.9 Å². The van der Waals surface area contributed by atoms with Crippen molar-refractivity contribution in [1.29, 1.82) is 0 Å². The van der Waals surface area contributed by atoms with Gasteiger partial charge in [-0.25, -0.2) is 0 Å². The molecular weight excluding hydrogens is 913 g/mol. The first-order chi connectivity index (χ1) is 36.5. The summed E-state index contributed by atoms with van der Waals surface area (Å²) in [5.74, 6) is -0.949. The predicted octanol–water partition coefficient (Wildman–Crippen LogP) is 20.4. The SMILES string of the molecule is CC/C=C\C/C=C\C/C=C\C/C=C\C/C=C\C/C=C\C/C=C\C/C=C\C/C=C\CCCCCCCCCC(=O)OCC(COC(=O)CCCCCCCCCC)OC(=O)CCCCC/C=C\C/C=C\C/C=C\CC. The van der Waals surface area contributed by atoms with Crippen LogP contribution in [0.5, 0.6) is 0 Å². The first-order valence-electron chi connectivity index (χ1n) is 29.8. The number of hydrogen-bond acceptors (Lipinski definition) is 6. The summed E-state index contributed by atoms with van der Waals surface area (Å²) in [7, 11) is 0. The van der Waals surface area contributed by atoms with Gasteiger partial charge in [0.05, 0.1) is 0 Å². The average molecular weight is 1020 g/mol. The molecule has 6 nitrogen and oxygen atoms in total. The number of ether oxygens (including phenoxy) is 3. The maximum Gasteiger partial charge on any atom is 0.306 e. The Kier molecular flexibility index (Phi) is 57.0. The van der Waals surface area contributed by atoms with Crippen molar-refractivity contribution in [2.45, 2.75) is 252 Å². The minimum Gasteiger partial charge on any atom is -0.462 e. The summed E-state index contributed by atoms with van der Waals surface area (Å²) < 4.78 is 16.7. The fraction of sp³-hybridized carbons (Fsp3) is 0.603. The highest BCUT2D eigenvalue weighted by molar-refractivity contribution is 5.71. The van der Waals surface area contributed by atoms with Gasteiger partial charge in [0.2, 0.25) is 0 Å². The molecule has 0 saturated carbocycles. The highest BCUT2D eigenvalue weighted by atomic mass is 16.6. The monoisotopic (exact) mass is 1020 g/mol. The van der Waals surface area contributed by atoms with E-state index in [-0.39, 0.29) is 37.5 Å². The van der Waals surface area contributed by atoms with E-state index in [4.69, 9.17) is 14.2 Å². The zero-order valence-electron chi connectivity index (χ0n) is 47.5. The van der Waals surface area contributed by atoms with Crippen LogP contribution in [0.3, 0.4) is 0 Å². The highest BCUT2D eigenvalue weighted by Crippen LogP contribution is 2.14. The Morgan fingerprint density at radius 2 is 0.527 bits per heavy atom. The van der Waals surface area contributed by atoms with Gasteiger partial charge in [0.15, 0.2) is 6.10 Å². The maximum absolute atomic E-state index is 12.8. The van der Waals surface area contributed by atoms with Crippen LogP contribution in [0, 0.1) is 0 Å². The van der Waals surface area contributed by atoms with Crippen molar-refractivity contribution in [2.75, 3.05) is 13.2 Å². The third-order valence-corrected chi connectivity index (χ3v) is 12.1. The van der Waals surface area contributed by atoms with Gasteiger partial charge in [-0.05, 0) is 122 Å². The quantitative estimate of drug-likeness (QED) is 0.0261. The van der Waals surface area contributed by atoms with E-state index in [2.05, 4.69) is 167 Å². The number of carbonyl (C=O) groups excluding carboxylic acids is 3. The zero-order valence-corrected chi connectivity index (χ0v) is 47.5. The zero-order chi connectivity index (χ0) is 53.6. The highest BCUT2D eigenvalue weighted by Gasteiger charge is 2.19. The molecule has 0 aromatic heterocycles. The van der Waals surface area contributed by atoms with E-state index < -0.39 is 6.10 Å². The fourth-order valence-corrected chi connectivity index (χ4v) is 7.68. The van der Waals surface area contributed by atoms with Crippen molar-refractivity contribution in [3.05, 3.63) is 146 Å². The van der Waals surface area contributed by atoms with Gasteiger partial charge in [-0.15, -0.1) is 0 Å². The summed E-state index contributed by atoms with van der Waals surface area (Å²) in [6, 6.07) is 0. The van der Waals surface area contributed by atoms with Crippen molar-refractivity contribution in [3.8, 4) is 0 Å². The van der Waals surface area contributed by atoms with Gasteiger partial charge in [0.25, 0.3) is 0 Å². The average Bonchev–Trinajstić information content (AvgIpc) is 3.40. The summed E-state index contributed by atoms with van der Waals surface area (Å²) in [5.41, 5.74) is 0. The van der Waals surface area contributed by atoms with Crippen molar-refractivity contribution < 1.29 is 28.6 Å². The number of unbranched alkanes of at least 4 members (excludes halogenated alkanes) is 17. The van der Waals surface area contributed by atoms with E-state index in [0.717, 1.165) is 148 Å². The molecule has 416 valence electrons. The Hall–Kier alpha value is -4.71. The van der Waals surface area contributed by atoms with Crippen molar-refractivity contribution in [2.24, 2.45) is 0 Å². The van der Waals surface area contributed by atoms with E-state index in [9.17, 15) is 14.4 Å². The Morgan fingerprint density at radius 3 is 0.838 bits per heavy atom. The first kappa shape index (κ1) is 69.3. The van der Waals surface area contributed by atoms with Crippen molar-refractivity contribution >= 4 is 17.9 Å². The first-order valence-corrected chi connectivity index (χ1v) is 29.8. The van der Waals surface area contributed by atoms with Gasteiger partial charge < -0.3 is 14.2 Å². The lowest BCUT2D eigenvalue weighted by Crippen LogP contribution is -2.30.